The molecule has 1 fully saturated rings. The number of nitrogens with zero attached hydrogens (tertiary/aromatic N) is 1. The average Bonchev–Trinajstić information content (AvgIpc) is 2.38. The SMILES string of the molecule is COC1CN(C(C)c2ccc(O)cc2F)CCC1C. The number of benzene rings is 1. The van der Waals surface area contributed by atoms with Crippen LogP contribution in [0.2, 0.25) is 0 Å². The van der Waals surface area contributed by atoms with E-state index >= 15 is 0 Å². The first-order chi connectivity index (χ1) is 9.02. The third-order valence-electron chi connectivity index (χ3n) is 4.21. The lowest BCUT2D eigenvalue weighted by molar-refractivity contribution is -0.0174. The number of piperidine rings is 1. The van der Waals surface area contributed by atoms with Crippen molar-refractivity contribution in [2.45, 2.75) is 32.4 Å². The fourth-order valence-electron chi connectivity index (χ4n) is 2.77. The van der Waals surface area contributed by atoms with E-state index in [2.05, 4.69) is 11.8 Å². The zero-order valence-corrected chi connectivity index (χ0v) is 11.8. The molecule has 0 amide bonds. The lowest BCUT2D eigenvalue weighted by Gasteiger charge is -2.39. The van der Waals surface area contributed by atoms with Crippen LogP contribution in [-0.2, 0) is 4.74 Å². The first kappa shape index (κ1) is 14.3. The number of halogens is 1. The number of phenols is 1. The molecule has 1 aliphatic heterocycles. The standard InChI is InChI=1S/C15H22FNO2/c1-10-6-7-17(9-15(10)19-3)11(2)13-5-4-12(18)8-14(13)16/h4-5,8,10-11,15,18H,6-7,9H2,1-3H3. The molecule has 1 aromatic rings. The topological polar surface area (TPSA) is 32.7 Å². The van der Waals surface area contributed by atoms with Crippen molar-refractivity contribution in [3.8, 4) is 5.75 Å². The highest BCUT2D eigenvalue weighted by molar-refractivity contribution is 5.29. The third-order valence-corrected chi connectivity index (χ3v) is 4.21. The Bertz CT molecular complexity index is 438. The Labute approximate surface area is 114 Å². The second kappa shape index (κ2) is 5.88. The predicted octanol–water partition coefficient (Wildman–Crippen LogP) is 2.95. The summed E-state index contributed by atoms with van der Waals surface area (Å²) in [5.74, 6) is 0.161. The van der Waals surface area contributed by atoms with E-state index in [0.29, 0.717) is 11.5 Å². The van der Waals surface area contributed by atoms with Crippen LogP contribution in [0.1, 0.15) is 31.9 Å². The van der Waals surface area contributed by atoms with Gasteiger partial charge in [-0.15, -0.1) is 0 Å². The van der Waals surface area contributed by atoms with Gasteiger partial charge in [0.1, 0.15) is 11.6 Å². The predicted molar refractivity (Wildman–Crippen MR) is 72.6 cm³/mol. The number of aromatic hydroxyl groups is 1. The summed E-state index contributed by atoms with van der Waals surface area (Å²) in [6.07, 6.45) is 1.26. The van der Waals surface area contributed by atoms with Crippen molar-refractivity contribution >= 4 is 0 Å². The molecule has 1 heterocycles. The van der Waals surface area contributed by atoms with Gasteiger partial charge in [0.2, 0.25) is 0 Å². The second-order valence-corrected chi connectivity index (χ2v) is 5.42. The summed E-state index contributed by atoms with van der Waals surface area (Å²) in [7, 11) is 1.73. The van der Waals surface area contributed by atoms with Crippen molar-refractivity contribution in [3.63, 3.8) is 0 Å². The minimum atomic E-state index is -0.347. The first-order valence-corrected chi connectivity index (χ1v) is 6.78. The Kier molecular flexibility index (Phi) is 4.42. The van der Waals surface area contributed by atoms with Gasteiger partial charge in [0.05, 0.1) is 6.10 Å². The van der Waals surface area contributed by atoms with Gasteiger partial charge < -0.3 is 9.84 Å². The molecule has 1 N–H and O–H groups in total. The zero-order valence-electron chi connectivity index (χ0n) is 11.8. The van der Waals surface area contributed by atoms with Crippen LogP contribution in [-0.4, -0.2) is 36.3 Å². The van der Waals surface area contributed by atoms with Crippen molar-refractivity contribution in [1.82, 2.24) is 4.90 Å². The highest BCUT2D eigenvalue weighted by Crippen LogP contribution is 2.30. The minimum Gasteiger partial charge on any atom is -0.508 e. The van der Waals surface area contributed by atoms with Gasteiger partial charge in [0.15, 0.2) is 0 Å². The lowest BCUT2D eigenvalue weighted by Crippen LogP contribution is -2.44. The lowest BCUT2D eigenvalue weighted by atomic mass is 9.93. The maximum Gasteiger partial charge on any atom is 0.131 e. The van der Waals surface area contributed by atoms with Crippen LogP contribution in [0, 0.1) is 11.7 Å². The van der Waals surface area contributed by atoms with E-state index in [-0.39, 0.29) is 23.7 Å². The van der Waals surface area contributed by atoms with Crippen LogP contribution in [0.15, 0.2) is 18.2 Å². The molecular weight excluding hydrogens is 245 g/mol. The fourth-order valence-corrected chi connectivity index (χ4v) is 2.77. The first-order valence-electron chi connectivity index (χ1n) is 6.78. The molecule has 0 radical (unpaired) electrons. The summed E-state index contributed by atoms with van der Waals surface area (Å²) in [6.45, 7) is 5.96. The zero-order chi connectivity index (χ0) is 14.0. The second-order valence-electron chi connectivity index (χ2n) is 5.42. The molecule has 3 nitrogen and oxygen atoms in total. The molecule has 0 aliphatic carbocycles. The fraction of sp³-hybridized carbons (Fsp3) is 0.600. The molecule has 0 aromatic heterocycles. The maximum atomic E-state index is 13.9. The Morgan fingerprint density at radius 3 is 2.84 bits per heavy atom. The smallest absolute Gasteiger partial charge is 0.131 e. The number of rotatable bonds is 3. The van der Waals surface area contributed by atoms with Gasteiger partial charge in [-0.1, -0.05) is 13.0 Å². The molecule has 0 spiro atoms. The molecule has 1 aliphatic rings. The van der Waals surface area contributed by atoms with Crippen molar-refractivity contribution in [2.75, 3.05) is 20.2 Å². The number of likely N-dealkylation sites (tertiary alicyclic amines) is 1. The van der Waals surface area contributed by atoms with E-state index in [4.69, 9.17) is 4.74 Å². The van der Waals surface area contributed by atoms with Gasteiger partial charge in [-0.25, -0.2) is 4.39 Å². The average molecular weight is 267 g/mol. The van der Waals surface area contributed by atoms with Crippen molar-refractivity contribution in [2.24, 2.45) is 5.92 Å². The molecule has 1 saturated heterocycles. The Morgan fingerprint density at radius 2 is 2.21 bits per heavy atom. The molecule has 1 aromatic carbocycles. The van der Waals surface area contributed by atoms with E-state index in [1.54, 1.807) is 13.2 Å². The van der Waals surface area contributed by atoms with E-state index in [1.807, 2.05) is 6.92 Å². The molecule has 3 unspecified atom stereocenters. The maximum absolute atomic E-state index is 13.9. The van der Waals surface area contributed by atoms with E-state index in [1.165, 1.54) is 12.1 Å². The van der Waals surface area contributed by atoms with Crippen molar-refractivity contribution < 1.29 is 14.2 Å². The summed E-state index contributed by atoms with van der Waals surface area (Å²) < 4.78 is 19.4. The summed E-state index contributed by atoms with van der Waals surface area (Å²) in [4.78, 5) is 2.24. The number of hydrogen-bond acceptors (Lipinski definition) is 3. The van der Waals surface area contributed by atoms with Crippen molar-refractivity contribution in [3.05, 3.63) is 29.6 Å². The summed E-state index contributed by atoms with van der Waals surface area (Å²) >= 11 is 0. The normalized spacial score (nSPS) is 26.3. The van der Waals surface area contributed by atoms with E-state index < -0.39 is 0 Å². The summed E-state index contributed by atoms with van der Waals surface area (Å²) in [5, 5.41) is 9.27. The van der Waals surface area contributed by atoms with Gasteiger partial charge in [0, 0.05) is 31.3 Å². The molecule has 0 bridgehead atoms. The van der Waals surface area contributed by atoms with Crippen molar-refractivity contribution in [1.29, 1.82) is 0 Å². The molecule has 106 valence electrons. The quantitative estimate of drug-likeness (QED) is 0.914. The minimum absolute atomic E-state index is 0.00856. The van der Waals surface area contributed by atoms with Crippen LogP contribution in [0.5, 0.6) is 5.75 Å². The Morgan fingerprint density at radius 1 is 1.47 bits per heavy atom. The molecule has 2 rings (SSSR count). The Hall–Kier alpha value is -1.13. The molecule has 19 heavy (non-hydrogen) atoms. The monoisotopic (exact) mass is 267 g/mol. The van der Waals surface area contributed by atoms with E-state index in [9.17, 15) is 9.50 Å². The van der Waals surface area contributed by atoms with Gasteiger partial charge in [-0.05, 0) is 31.9 Å². The number of methoxy groups -OCH3 is 1. The van der Waals surface area contributed by atoms with Crippen LogP contribution < -0.4 is 0 Å². The molecule has 4 heteroatoms. The van der Waals surface area contributed by atoms with Gasteiger partial charge in [-0.3, -0.25) is 4.90 Å². The third kappa shape index (κ3) is 3.07. The van der Waals surface area contributed by atoms with Crippen LogP contribution in [0.4, 0.5) is 4.39 Å². The van der Waals surface area contributed by atoms with Crippen LogP contribution in [0.25, 0.3) is 0 Å². The summed E-state index contributed by atoms with van der Waals surface area (Å²) in [6, 6.07) is 4.36. The highest BCUT2D eigenvalue weighted by atomic mass is 19.1. The molecular formula is C15H22FNO2. The van der Waals surface area contributed by atoms with Gasteiger partial charge in [0.25, 0.3) is 0 Å². The largest absolute Gasteiger partial charge is 0.508 e. The number of ether oxygens (including phenoxy) is 1. The van der Waals surface area contributed by atoms with Gasteiger partial charge >= 0.3 is 0 Å². The number of hydrogen-bond donors (Lipinski definition) is 1. The number of phenolic OH excluding ortho intramolecular Hbond substituents is 1. The molecule has 3 atom stereocenters. The van der Waals surface area contributed by atoms with Crippen LogP contribution >= 0.6 is 0 Å². The summed E-state index contributed by atoms with van der Waals surface area (Å²) in [5.41, 5.74) is 0.627. The Balaban J connectivity index is 2.13. The molecule has 0 saturated carbocycles. The van der Waals surface area contributed by atoms with E-state index in [0.717, 1.165) is 19.5 Å². The van der Waals surface area contributed by atoms with Gasteiger partial charge in [-0.2, -0.15) is 0 Å². The van der Waals surface area contributed by atoms with Crippen LogP contribution in [0.3, 0.4) is 0 Å². The highest BCUT2D eigenvalue weighted by Gasteiger charge is 2.29.